The number of thiazole rings is 1. The lowest BCUT2D eigenvalue weighted by Gasteiger charge is -2.08. The summed E-state index contributed by atoms with van der Waals surface area (Å²) in [5, 5.41) is 7.64. The molecular weight excluding hydrogens is 438 g/mol. The standard InChI is InChI=1S/C24H21N5O3S/c30-21(13-19-16-33-24(28-19)29-23(31)22-25-11-4-12-26-22)27-14-17-7-9-20(10-8-17)32-15-18-5-2-1-3-6-18/h1-12,16H,13-15H2,(H,27,30)(H,28,29,31). The summed E-state index contributed by atoms with van der Waals surface area (Å²) in [7, 11) is 0. The molecule has 0 saturated heterocycles. The van der Waals surface area contributed by atoms with Gasteiger partial charge >= 0.3 is 0 Å². The summed E-state index contributed by atoms with van der Waals surface area (Å²) in [6.45, 7) is 0.905. The Morgan fingerprint density at radius 2 is 1.67 bits per heavy atom. The number of carbonyl (C=O) groups excluding carboxylic acids is 2. The summed E-state index contributed by atoms with van der Waals surface area (Å²) in [6, 6.07) is 19.2. The van der Waals surface area contributed by atoms with Gasteiger partial charge in [0.15, 0.2) is 5.13 Å². The molecule has 9 heteroatoms. The van der Waals surface area contributed by atoms with Crippen LogP contribution < -0.4 is 15.4 Å². The topological polar surface area (TPSA) is 106 Å². The second-order valence-electron chi connectivity index (χ2n) is 7.04. The smallest absolute Gasteiger partial charge is 0.295 e. The van der Waals surface area contributed by atoms with Gasteiger partial charge in [0, 0.05) is 24.3 Å². The van der Waals surface area contributed by atoms with Crippen molar-refractivity contribution in [1.82, 2.24) is 20.3 Å². The quantitative estimate of drug-likeness (QED) is 0.396. The van der Waals surface area contributed by atoms with Crippen molar-refractivity contribution in [1.29, 1.82) is 0 Å². The highest BCUT2D eigenvalue weighted by molar-refractivity contribution is 7.14. The Balaban J connectivity index is 1.21. The largest absolute Gasteiger partial charge is 0.489 e. The average molecular weight is 460 g/mol. The Hall–Kier alpha value is -4.11. The van der Waals surface area contributed by atoms with Crippen molar-refractivity contribution in [3.05, 3.63) is 101 Å². The predicted molar refractivity (Wildman–Crippen MR) is 125 cm³/mol. The van der Waals surface area contributed by atoms with E-state index in [1.807, 2.05) is 54.6 Å². The first-order valence-electron chi connectivity index (χ1n) is 10.2. The van der Waals surface area contributed by atoms with Crippen molar-refractivity contribution < 1.29 is 14.3 Å². The average Bonchev–Trinajstić information content (AvgIpc) is 3.29. The number of hydrogen-bond acceptors (Lipinski definition) is 7. The third-order valence-electron chi connectivity index (χ3n) is 4.54. The molecule has 0 fully saturated rings. The Morgan fingerprint density at radius 3 is 2.42 bits per heavy atom. The summed E-state index contributed by atoms with van der Waals surface area (Å²) >= 11 is 1.24. The Bertz CT molecular complexity index is 1200. The molecule has 0 bridgehead atoms. The molecule has 0 saturated carbocycles. The number of rotatable bonds is 9. The van der Waals surface area contributed by atoms with E-state index in [2.05, 4.69) is 25.6 Å². The zero-order valence-electron chi connectivity index (χ0n) is 17.6. The molecule has 0 unspecified atom stereocenters. The van der Waals surface area contributed by atoms with Crippen LogP contribution in [0, 0.1) is 0 Å². The van der Waals surface area contributed by atoms with Gasteiger partial charge in [-0.15, -0.1) is 11.3 Å². The van der Waals surface area contributed by atoms with E-state index in [0.29, 0.717) is 24.0 Å². The Kier molecular flexibility index (Phi) is 7.34. The molecule has 0 radical (unpaired) electrons. The second-order valence-corrected chi connectivity index (χ2v) is 7.90. The SMILES string of the molecule is O=C(Cc1csc(NC(=O)c2ncccn2)n1)NCc1ccc(OCc2ccccc2)cc1. The summed E-state index contributed by atoms with van der Waals surface area (Å²) in [4.78, 5) is 36.4. The summed E-state index contributed by atoms with van der Waals surface area (Å²) in [6.07, 6.45) is 3.10. The molecule has 2 amide bonds. The Morgan fingerprint density at radius 1 is 0.909 bits per heavy atom. The lowest BCUT2D eigenvalue weighted by molar-refractivity contribution is -0.120. The molecule has 166 valence electrons. The first-order valence-corrected chi connectivity index (χ1v) is 11.1. The maximum atomic E-state index is 12.3. The van der Waals surface area contributed by atoms with E-state index in [-0.39, 0.29) is 18.2 Å². The maximum Gasteiger partial charge on any atom is 0.295 e. The Labute approximate surface area is 194 Å². The van der Waals surface area contributed by atoms with E-state index < -0.39 is 5.91 Å². The molecule has 2 N–H and O–H groups in total. The highest BCUT2D eigenvalue weighted by Gasteiger charge is 2.12. The van der Waals surface area contributed by atoms with Crippen molar-refractivity contribution in [3.8, 4) is 5.75 Å². The molecule has 0 aliphatic carbocycles. The van der Waals surface area contributed by atoms with Crippen LogP contribution in [-0.2, 0) is 24.4 Å². The number of amides is 2. The van der Waals surface area contributed by atoms with E-state index in [1.165, 1.54) is 23.7 Å². The molecule has 33 heavy (non-hydrogen) atoms. The van der Waals surface area contributed by atoms with Crippen molar-refractivity contribution in [2.75, 3.05) is 5.32 Å². The van der Waals surface area contributed by atoms with Gasteiger partial charge in [0.1, 0.15) is 12.4 Å². The van der Waals surface area contributed by atoms with Crippen LogP contribution in [0.15, 0.2) is 78.4 Å². The number of hydrogen-bond donors (Lipinski definition) is 2. The summed E-state index contributed by atoms with van der Waals surface area (Å²) in [5.74, 6) is 0.224. The number of benzene rings is 2. The zero-order chi connectivity index (χ0) is 22.9. The molecular formula is C24H21N5O3S. The van der Waals surface area contributed by atoms with Crippen molar-refractivity contribution >= 4 is 28.3 Å². The molecule has 2 aromatic heterocycles. The molecule has 2 heterocycles. The molecule has 8 nitrogen and oxygen atoms in total. The zero-order valence-corrected chi connectivity index (χ0v) is 18.4. The summed E-state index contributed by atoms with van der Waals surface area (Å²) in [5.41, 5.74) is 2.64. The molecule has 4 aromatic rings. The lowest BCUT2D eigenvalue weighted by Crippen LogP contribution is -2.24. The molecule has 2 aromatic carbocycles. The number of anilines is 1. The van der Waals surface area contributed by atoms with E-state index in [9.17, 15) is 9.59 Å². The molecule has 0 aliphatic rings. The van der Waals surface area contributed by atoms with Crippen molar-refractivity contribution in [3.63, 3.8) is 0 Å². The number of aromatic nitrogens is 3. The van der Waals surface area contributed by atoms with Gasteiger partial charge in [0.05, 0.1) is 12.1 Å². The van der Waals surface area contributed by atoms with Crippen LogP contribution in [0.4, 0.5) is 5.13 Å². The van der Waals surface area contributed by atoms with E-state index in [4.69, 9.17) is 4.74 Å². The second kappa shape index (κ2) is 11.0. The molecule has 0 aliphatic heterocycles. The molecule has 0 spiro atoms. The minimum absolute atomic E-state index is 0.0588. The first-order chi connectivity index (χ1) is 16.2. The van der Waals surface area contributed by atoms with Crippen LogP contribution in [0.1, 0.15) is 27.4 Å². The predicted octanol–water partition coefficient (Wildman–Crippen LogP) is 3.62. The number of nitrogens with zero attached hydrogens (tertiary/aromatic N) is 3. The highest BCUT2D eigenvalue weighted by Crippen LogP contribution is 2.17. The maximum absolute atomic E-state index is 12.3. The van der Waals surface area contributed by atoms with Crippen LogP contribution in [0.2, 0.25) is 0 Å². The van der Waals surface area contributed by atoms with Crippen LogP contribution in [0.3, 0.4) is 0 Å². The van der Waals surface area contributed by atoms with Gasteiger partial charge in [-0.2, -0.15) is 0 Å². The number of carbonyl (C=O) groups is 2. The first kappa shape index (κ1) is 22.1. The fraction of sp³-hybridized carbons (Fsp3) is 0.125. The van der Waals surface area contributed by atoms with Gasteiger partial charge in [-0.05, 0) is 29.3 Å². The van der Waals surface area contributed by atoms with Crippen LogP contribution >= 0.6 is 11.3 Å². The van der Waals surface area contributed by atoms with Gasteiger partial charge in [0.2, 0.25) is 11.7 Å². The van der Waals surface area contributed by atoms with Gasteiger partial charge in [0.25, 0.3) is 5.91 Å². The van der Waals surface area contributed by atoms with Gasteiger partial charge in [-0.3, -0.25) is 14.9 Å². The fourth-order valence-corrected chi connectivity index (χ4v) is 3.59. The molecule has 4 rings (SSSR count). The summed E-state index contributed by atoms with van der Waals surface area (Å²) < 4.78 is 5.78. The normalized spacial score (nSPS) is 10.4. The minimum Gasteiger partial charge on any atom is -0.489 e. The minimum atomic E-state index is -0.447. The van der Waals surface area contributed by atoms with Crippen LogP contribution in [0.5, 0.6) is 5.75 Å². The third kappa shape index (κ3) is 6.68. The van der Waals surface area contributed by atoms with Crippen molar-refractivity contribution in [2.45, 2.75) is 19.6 Å². The monoisotopic (exact) mass is 459 g/mol. The fourth-order valence-electron chi connectivity index (χ4n) is 2.89. The van der Waals surface area contributed by atoms with E-state index >= 15 is 0 Å². The van der Waals surface area contributed by atoms with Crippen LogP contribution in [0.25, 0.3) is 0 Å². The van der Waals surface area contributed by atoms with Gasteiger partial charge in [-0.1, -0.05) is 42.5 Å². The lowest BCUT2D eigenvalue weighted by atomic mass is 10.2. The van der Waals surface area contributed by atoms with Crippen molar-refractivity contribution in [2.24, 2.45) is 0 Å². The van der Waals surface area contributed by atoms with E-state index in [0.717, 1.165) is 16.9 Å². The van der Waals surface area contributed by atoms with E-state index in [1.54, 1.807) is 11.4 Å². The number of nitrogens with one attached hydrogen (secondary N) is 2. The number of ether oxygens (including phenoxy) is 1. The van der Waals surface area contributed by atoms with Gasteiger partial charge in [-0.25, -0.2) is 15.0 Å². The molecule has 0 atom stereocenters. The highest BCUT2D eigenvalue weighted by atomic mass is 32.1. The van der Waals surface area contributed by atoms with Crippen LogP contribution in [-0.4, -0.2) is 26.8 Å². The third-order valence-corrected chi connectivity index (χ3v) is 5.35. The van der Waals surface area contributed by atoms with Gasteiger partial charge < -0.3 is 10.1 Å².